The van der Waals surface area contributed by atoms with E-state index in [1.807, 2.05) is 0 Å². The molecule has 3 rings (SSSR count). The molecule has 4 heteroatoms. The summed E-state index contributed by atoms with van der Waals surface area (Å²) in [5, 5.41) is 2.93. The molecule has 1 N–H and O–H groups in total. The third kappa shape index (κ3) is 2.84. The third-order valence-electron chi connectivity index (χ3n) is 4.31. The molecule has 2 heterocycles. The number of amides is 1. The number of carbonyl (C=O) groups excluding carboxylic acids is 1. The molecule has 0 unspecified atom stereocenters. The number of hydrogen-bond donors (Lipinski definition) is 1. The molecule has 0 aliphatic carbocycles. The molecule has 2 saturated heterocycles. The van der Waals surface area contributed by atoms with Crippen LogP contribution in [0.3, 0.4) is 0 Å². The zero-order valence-electron chi connectivity index (χ0n) is 10.9. The fourth-order valence-corrected chi connectivity index (χ4v) is 3.65. The average Bonchev–Trinajstić information content (AvgIpc) is 2.85. The topological polar surface area (TPSA) is 32.3 Å². The van der Waals surface area contributed by atoms with Crippen LogP contribution in [0.25, 0.3) is 0 Å². The van der Waals surface area contributed by atoms with Crippen LogP contribution in [0.15, 0.2) is 28.7 Å². The Balaban J connectivity index is 1.61. The maximum absolute atomic E-state index is 11.7. The molecule has 2 aliphatic heterocycles. The molecule has 0 bridgehead atoms. The number of nitrogens with one attached hydrogen (secondary N) is 1. The van der Waals surface area contributed by atoms with Gasteiger partial charge in [0.25, 0.3) is 0 Å². The van der Waals surface area contributed by atoms with E-state index in [0.29, 0.717) is 5.92 Å². The Hall–Kier alpha value is -0.870. The average molecular weight is 323 g/mol. The molecule has 1 atom stereocenters. The number of piperidine rings is 1. The lowest BCUT2D eigenvalue weighted by Gasteiger charge is -2.35. The van der Waals surface area contributed by atoms with E-state index in [-0.39, 0.29) is 11.9 Å². The smallest absolute Gasteiger partial charge is 0.237 e. The Labute approximate surface area is 122 Å². The minimum atomic E-state index is 0.128. The van der Waals surface area contributed by atoms with Gasteiger partial charge in [0.15, 0.2) is 0 Å². The van der Waals surface area contributed by atoms with E-state index >= 15 is 0 Å². The summed E-state index contributed by atoms with van der Waals surface area (Å²) in [5.74, 6) is 0.860. The van der Waals surface area contributed by atoms with Crippen molar-refractivity contribution in [3.63, 3.8) is 0 Å². The fraction of sp³-hybridized carbons (Fsp3) is 0.533. The predicted octanol–water partition coefficient (Wildman–Crippen LogP) is 2.52. The van der Waals surface area contributed by atoms with Crippen molar-refractivity contribution >= 4 is 21.8 Å². The first-order chi connectivity index (χ1) is 9.24. The number of halogens is 1. The summed E-state index contributed by atoms with van der Waals surface area (Å²) in [6.45, 7) is 2.92. The summed E-state index contributed by atoms with van der Waals surface area (Å²) in [7, 11) is 0. The van der Waals surface area contributed by atoms with E-state index < -0.39 is 0 Å². The summed E-state index contributed by atoms with van der Waals surface area (Å²) >= 11 is 3.54. The van der Waals surface area contributed by atoms with E-state index in [1.165, 1.54) is 5.56 Å². The van der Waals surface area contributed by atoms with Crippen LogP contribution in [0.5, 0.6) is 0 Å². The van der Waals surface area contributed by atoms with Crippen molar-refractivity contribution in [1.29, 1.82) is 0 Å². The normalized spacial score (nSPS) is 25.5. The highest BCUT2D eigenvalue weighted by molar-refractivity contribution is 9.10. The highest BCUT2D eigenvalue weighted by Crippen LogP contribution is 2.30. The van der Waals surface area contributed by atoms with E-state index in [2.05, 4.69) is 50.4 Å². The van der Waals surface area contributed by atoms with Gasteiger partial charge in [-0.1, -0.05) is 28.1 Å². The monoisotopic (exact) mass is 322 g/mol. The van der Waals surface area contributed by atoms with E-state index in [4.69, 9.17) is 0 Å². The van der Waals surface area contributed by atoms with Gasteiger partial charge in [-0.25, -0.2) is 0 Å². The van der Waals surface area contributed by atoms with Crippen LogP contribution in [0.4, 0.5) is 0 Å². The van der Waals surface area contributed by atoms with Gasteiger partial charge in [0, 0.05) is 11.0 Å². The van der Waals surface area contributed by atoms with Crippen LogP contribution in [-0.4, -0.2) is 36.5 Å². The second-order valence-electron chi connectivity index (χ2n) is 5.46. The Morgan fingerprint density at radius 3 is 2.63 bits per heavy atom. The molecule has 0 aromatic heterocycles. The highest BCUT2D eigenvalue weighted by Gasteiger charge is 2.32. The van der Waals surface area contributed by atoms with Crippen molar-refractivity contribution in [3.05, 3.63) is 34.3 Å². The first kappa shape index (κ1) is 13.1. The number of rotatable bonds is 2. The molecule has 2 aliphatic rings. The summed E-state index contributed by atoms with van der Waals surface area (Å²) in [5.41, 5.74) is 1.42. The third-order valence-corrected chi connectivity index (χ3v) is 4.80. The van der Waals surface area contributed by atoms with Gasteiger partial charge in [-0.05, 0) is 56.0 Å². The molecule has 0 saturated carbocycles. The molecular weight excluding hydrogens is 304 g/mol. The van der Waals surface area contributed by atoms with E-state index in [0.717, 1.165) is 43.4 Å². The van der Waals surface area contributed by atoms with Gasteiger partial charge in [0.2, 0.25) is 5.91 Å². The lowest BCUT2D eigenvalue weighted by molar-refractivity contribution is -0.124. The van der Waals surface area contributed by atoms with E-state index in [9.17, 15) is 4.79 Å². The Kier molecular flexibility index (Phi) is 3.89. The first-order valence-electron chi connectivity index (χ1n) is 7.01. The van der Waals surface area contributed by atoms with Gasteiger partial charge in [-0.15, -0.1) is 0 Å². The molecule has 102 valence electrons. The summed E-state index contributed by atoms with van der Waals surface area (Å²) in [6.07, 6.45) is 3.28. The maximum atomic E-state index is 11.7. The van der Waals surface area contributed by atoms with Gasteiger partial charge in [0.1, 0.15) is 0 Å². The second-order valence-corrected chi connectivity index (χ2v) is 6.38. The van der Waals surface area contributed by atoms with Crippen LogP contribution >= 0.6 is 15.9 Å². The van der Waals surface area contributed by atoms with Crippen molar-refractivity contribution in [2.24, 2.45) is 0 Å². The zero-order chi connectivity index (χ0) is 13.2. The minimum Gasteiger partial charge on any atom is -0.355 e. The van der Waals surface area contributed by atoms with Crippen LogP contribution in [-0.2, 0) is 4.79 Å². The molecule has 2 fully saturated rings. The van der Waals surface area contributed by atoms with Crippen LogP contribution < -0.4 is 5.32 Å². The molecular formula is C15H19BrN2O. The Bertz CT molecular complexity index is 469. The lowest BCUT2D eigenvalue weighted by atomic mass is 9.89. The number of carbonyl (C=O) groups is 1. The highest BCUT2D eigenvalue weighted by atomic mass is 79.9. The van der Waals surface area contributed by atoms with Crippen LogP contribution in [0.2, 0.25) is 0 Å². The Morgan fingerprint density at radius 2 is 2.00 bits per heavy atom. The standard InChI is InChI=1S/C15H19BrN2O/c16-13-3-1-2-12(10-13)11-5-8-18(9-6-11)14-4-7-17-15(14)19/h1-3,10-11,14H,4-9H2,(H,17,19)/t14-/m0/s1. The van der Waals surface area contributed by atoms with Gasteiger partial charge in [-0.3, -0.25) is 9.69 Å². The Morgan fingerprint density at radius 1 is 1.21 bits per heavy atom. The van der Waals surface area contributed by atoms with Crippen LogP contribution in [0.1, 0.15) is 30.7 Å². The zero-order valence-corrected chi connectivity index (χ0v) is 12.5. The molecule has 3 nitrogen and oxygen atoms in total. The summed E-state index contributed by atoms with van der Waals surface area (Å²) in [6, 6.07) is 8.75. The summed E-state index contributed by atoms with van der Waals surface area (Å²) in [4.78, 5) is 14.1. The summed E-state index contributed by atoms with van der Waals surface area (Å²) < 4.78 is 1.16. The molecule has 0 spiro atoms. The molecule has 19 heavy (non-hydrogen) atoms. The predicted molar refractivity (Wildman–Crippen MR) is 79.1 cm³/mol. The molecule has 0 radical (unpaired) electrons. The maximum Gasteiger partial charge on any atom is 0.237 e. The molecule has 1 aromatic carbocycles. The number of benzene rings is 1. The first-order valence-corrected chi connectivity index (χ1v) is 7.80. The largest absolute Gasteiger partial charge is 0.355 e. The van der Waals surface area contributed by atoms with E-state index in [1.54, 1.807) is 0 Å². The molecule has 1 amide bonds. The quantitative estimate of drug-likeness (QED) is 0.907. The van der Waals surface area contributed by atoms with Gasteiger partial charge < -0.3 is 5.32 Å². The van der Waals surface area contributed by atoms with Gasteiger partial charge in [0.05, 0.1) is 6.04 Å². The SMILES string of the molecule is O=C1NCC[C@@H]1N1CCC(c2cccc(Br)c2)CC1. The van der Waals surface area contributed by atoms with Crippen molar-refractivity contribution in [2.45, 2.75) is 31.2 Å². The van der Waals surface area contributed by atoms with Crippen molar-refractivity contribution in [2.75, 3.05) is 19.6 Å². The number of nitrogens with zero attached hydrogens (tertiary/aromatic N) is 1. The lowest BCUT2D eigenvalue weighted by Crippen LogP contribution is -2.44. The van der Waals surface area contributed by atoms with Crippen molar-refractivity contribution < 1.29 is 4.79 Å². The van der Waals surface area contributed by atoms with Crippen LogP contribution in [0, 0.1) is 0 Å². The van der Waals surface area contributed by atoms with Crippen molar-refractivity contribution in [3.8, 4) is 0 Å². The fourth-order valence-electron chi connectivity index (χ4n) is 3.23. The van der Waals surface area contributed by atoms with Gasteiger partial charge in [-0.2, -0.15) is 0 Å². The van der Waals surface area contributed by atoms with Gasteiger partial charge >= 0.3 is 0 Å². The van der Waals surface area contributed by atoms with Crippen molar-refractivity contribution in [1.82, 2.24) is 10.2 Å². The number of likely N-dealkylation sites (tertiary alicyclic amines) is 1. The minimum absolute atomic E-state index is 0.128. The number of hydrogen-bond acceptors (Lipinski definition) is 2. The molecule has 1 aromatic rings. The second kappa shape index (κ2) is 5.63.